The van der Waals surface area contributed by atoms with Crippen LogP contribution in [-0.4, -0.2) is 18.2 Å². The molecule has 0 radical (unpaired) electrons. The van der Waals surface area contributed by atoms with Crippen molar-refractivity contribution in [3.05, 3.63) is 92.8 Å². The van der Waals surface area contributed by atoms with Crippen LogP contribution in [0.25, 0.3) is 6.08 Å². The van der Waals surface area contributed by atoms with E-state index in [4.69, 9.17) is 32.7 Å². The van der Waals surface area contributed by atoms with Crippen LogP contribution in [0.3, 0.4) is 0 Å². The first-order chi connectivity index (χ1) is 15.5. The van der Waals surface area contributed by atoms with Gasteiger partial charge in [0.1, 0.15) is 18.1 Å². The van der Waals surface area contributed by atoms with E-state index in [1.54, 1.807) is 19.2 Å². The summed E-state index contributed by atoms with van der Waals surface area (Å²) in [4.78, 5) is 17.4. The number of amides is 1. The molecule has 1 amide bonds. The van der Waals surface area contributed by atoms with Crippen LogP contribution >= 0.6 is 35.0 Å². The first-order valence-corrected chi connectivity index (χ1v) is 11.2. The van der Waals surface area contributed by atoms with Gasteiger partial charge in [-0.25, -0.2) is 4.99 Å². The molecule has 0 spiro atoms. The number of benzene rings is 3. The molecule has 1 aliphatic rings. The summed E-state index contributed by atoms with van der Waals surface area (Å²) in [5, 5.41) is 4.33. The fraction of sp³-hybridized carbons (Fsp3) is 0.0833. The highest BCUT2D eigenvalue weighted by atomic mass is 35.5. The van der Waals surface area contributed by atoms with Crippen LogP contribution in [0.1, 0.15) is 11.1 Å². The molecule has 1 fully saturated rings. The Morgan fingerprint density at radius 3 is 2.38 bits per heavy atom. The van der Waals surface area contributed by atoms with E-state index in [9.17, 15) is 4.79 Å². The lowest BCUT2D eigenvalue weighted by atomic mass is 10.2. The molecule has 0 saturated carbocycles. The minimum atomic E-state index is -0.179. The van der Waals surface area contributed by atoms with Crippen molar-refractivity contribution in [3.63, 3.8) is 0 Å². The normalized spacial score (nSPS) is 15.8. The summed E-state index contributed by atoms with van der Waals surface area (Å²) in [5.41, 5.74) is 2.54. The summed E-state index contributed by atoms with van der Waals surface area (Å²) in [7, 11) is 1.61. The Morgan fingerprint density at radius 1 is 0.969 bits per heavy atom. The van der Waals surface area contributed by atoms with Crippen molar-refractivity contribution in [2.24, 2.45) is 4.99 Å². The van der Waals surface area contributed by atoms with Crippen LogP contribution in [0.2, 0.25) is 10.0 Å². The zero-order valence-corrected chi connectivity index (χ0v) is 19.3. The van der Waals surface area contributed by atoms with E-state index in [-0.39, 0.29) is 5.91 Å². The predicted molar refractivity (Wildman–Crippen MR) is 131 cm³/mol. The number of halogens is 2. The number of rotatable bonds is 6. The number of methoxy groups -OCH3 is 1. The van der Waals surface area contributed by atoms with Crippen LogP contribution < -0.4 is 14.8 Å². The number of nitrogens with zero attached hydrogens (tertiary/aromatic N) is 1. The third-order valence-electron chi connectivity index (χ3n) is 4.52. The van der Waals surface area contributed by atoms with E-state index in [2.05, 4.69) is 10.3 Å². The summed E-state index contributed by atoms with van der Waals surface area (Å²) < 4.78 is 10.9. The summed E-state index contributed by atoms with van der Waals surface area (Å²) in [5.74, 6) is 1.28. The van der Waals surface area contributed by atoms with Crippen LogP contribution in [0, 0.1) is 0 Å². The number of nitrogens with one attached hydrogen (secondary N) is 1. The summed E-state index contributed by atoms with van der Waals surface area (Å²) in [6, 6.07) is 20.2. The first kappa shape index (κ1) is 22.3. The SMILES string of the molecule is COc1ccc(N=C2NC(=O)/C(=C/c3ccc(OCc4ccc(Cl)c(Cl)c4)cc3)S2)cc1. The van der Waals surface area contributed by atoms with Crippen molar-refractivity contribution >= 4 is 57.8 Å². The standard InChI is InChI=1S/C24H18Cl2N2O3S/c1-30-18-9-5-17(6-10-18)27-24-28-23(29)22(32-24)13-15-2-7-19(8-3-15)31-14-16-4-11-20(25)21(26)12-16/h2-13H,14H2,1H3,(H,27,28,29)/b22-13-. The molecule has 1 N–H and O–H groups in total. The smallest absolute Gasteiger partial charge is 0.264 e. The molecule has 1 heterocycles. The predicted octanol–water partition coefficient (Wildman–Crippen LogP) is 6.47. The molecule has 4 rings (SSSR count). The molecule has 0 unspecified atom stereocenters. The van der Waals surface area contributed by atoms with Crippen molar-refractivity contribution in [1.82, 2.24) is 5.32 Å². The van der Waals surface area contributed by atoms with Gasteiger partial charge in [0.2, 0.25) is 0 Å². The van der Waals surface area contributed by atoms with Crippen LogP contribution in [0.4, 0.5) is 5.69 Å². The van der Waals surface area contributed by atoms with Crippen molar-refractivity contribution in [2.75, 3.05) is 7.11 Å². The number of amidine groups is 1. The lowest BCUT2D eigenvalue weighted by Crippen LogP contribution is -2.19. The number of hydrogen-bond donors (Lipinski definition) is 1. The number of aliphatic imine (C=N–C) groups is 1. The number of carbonyl (C=O) groups excluding carboxylic acids is 1. The lowest BCUT2D eigenvalue weighted by Gasteiger charge is -2.07. The quantitative estimate of drug-likeness (QED) is 0.407. The fourth-order valence-corrected chi connectivity index (χ4v) is 4.02. The summed E-state index contributed by atoms with van der Waals surface area (Å²) >= 11 is 13.3. The van der Waals surface area contributed by atoms with Gasteiger partial charge in [-0.2, -0.15) is 0 Å². The van der Waals surface area contributed by atoms with Crippen LogP contribution in [0.5, 0.6) is 11.5 Å². The van der Waals surface area contributed by atoms with Gasteiger partial charge in [-0.3, -0.25) is 4.79 Å². The second-order valence-electron chi connectivity index (χ2n) is 6.79. The first-order valence-electron chi connectivity index (χ1n) is 9.60. The van der Waals surface area contributed by atoms with Crippen molar-refractivity contribution in [2.45, 2.75) is 6.61 Å². The third-order valence-corrected chi connectivity index (χ3v) is 6.17. The van der Waals surface area contributed by atoms with E-state index >= 15 is 0 Å². The molecular weight excluding hydrogens is 467 g/mol. The topological polar surface area (TPSA) is 59.9 Å². The minimum absolute atomic E-state index is 0.179. The second-order valence-corrected chi connectivity index (χ2v) is 8.63. The summed E-state index contributed by atoms with van der Waals surface area (Å²) in [6.45, 7) is 0.376. The number of ether oxygens (including phenoxy) is 2. The average Bonchev–Trinajstić information content (AvgIpc) is 3.14. The van der Waals surface area contributed by atoms with Gasteiger partial charge >= 0.3 is 0 Å². The second kappa shape index (κ2) is 10.1. The van der Waals surface area contributed by atoms with Gasteiger partial charge < -0.3 is 14.8 Å². The Kier molecular flexibility index (Phi) is 7.05. The van der Waals surface area contributed by atoms with Crippen molar-refractivity contribution < 1.29 is 14.3 Å². The Balaban J connectivity index is 1.39. The van der Waals surface area contributed by atoms with E-state index < -0.39 is 0 Å². The summed E-state index contributed by atoms with van der Waals surface area (Å²) in [6.07, 6.45) is 1.82. The minimum Gasteiger partial charge on any atom is -0.497 e. The highest BCUT2D eigenvalue weighted by molar-refractivity contribution is 8.18. The van der Waals surface area contributed by atoms with Gasteiger partial charge in [0.15, 0.2) is 5.17 Å². The molecule has 0 aromatic heterocycles. The highest BCUT2D eigenvalue weighted by Gasteiger charge is 2.23. The van der Waals surface area contributed by atoms with E-state index in [1.807, 2.05) is 60.7 Å². The molecule has 32 heavy (non-hydrogen) atoms. The maximum Gasteiger partial charge on any atom is 0.264 e. The number of hydrogen-bond acceptors (Lipinski definition) is 5. The van der Waals surface area contributed by atoms with Crippen molar-refractivity contribution in [1.29, 1.82) is 0 Å². The molecule has 3 aromatic carbocycles. The zero-order chi connectivity index (χ0) is 22.5. The lowest BCUT2D eigenvalue weighted by molar-refractivity contribution is -0.115. The van der Waals surface area contributed by atoms with Crippen LogP contribution in [0.15, 0.2) is 76.6 Å². The Morgan fingerprint density at radius 2 is 1.69 bits per heavy atom. The monoisotopic (exact) mass is 484 g/mol. The molecule has 162 valence electrons. The number of thioether (sulfide) groups is 1. The van der Waals surface area contributed by atoms with E-state index in [1.165, 1.54) is 11.8 Å². The molecule has 8 heteroatoms. The molecule has 0 bridgehead atoms. The molecular formula is C24H18Cl2N2O3S. The Hall–Kier alpha value is -2.93. The molecule has 0 atom stereocenters. The molecule has 1 aliphatic heterocycles. The number of carbonyl (C=O) groups is 1. The Bertz CT molecular complexity index is 1190. The van der Waals surface area contributed by atoms with Gasteiger partial charge in [0.25, 0.3) is 5.91 Å². The van der Waals surface area contributed by atoms with Gasteiger partial charge in [-0.15, -0.1) is 0 Å². The van der Waals surface area contributed by atoms with E-state index in [0.29, 0.717) is 32.5 Å². The van der Waals surface area contributed by atoms with Crippen molar-refractivity contribution in [3.8, 4) is 11.5 Å². The maximum atomic E-state index is 12.3. The molecule has 1 saturated heterocycles. The van der Waals surface area contributed by atoms with Gasteiger partial charge in [-0.1, -0.05) is 41.4 Å². The Labute approximate surface area is 200 Å². The van der Waals surface area contributed by atoms with Gasteiger partial charge in [0.05, 0.1) is 27.7 Å². The average molecular weight is 485 g/mol. The third kappa shape index (κ3) is 5.65. The molecule has 5 nitrogen and oxygen atoms in total. The maximum absolute atomic E-state index is 12.3. The highest BCUT2D eigenvalue weighted by Crippen LogP contribution is 2.29. The largest absolute Gasteiger partial charge is 0.497 e. The molecule has 3 aromatic rings. The zero-order valence-electron chi connectivity index (χ0n) is 17.0. The van der Waals surface area contributed by atoms with Crippen LogP contribution in [-0.2, 0) is 11.4 Å². The fourth-order valence-electron chi connectivity index (χ4n) is 2.86. The van der Waals surface area contributed by atoms with Gasteiger partial charge in [-0.05, 0) is 77.5 Å². The van der Waals surface area contributed by atoms with Gasteiger partial charge in [0, 0.05) is 0 Å². The van der Waals surface area contributed by atoms with E-state index in [0.717, 1.165) is 22.6 Å². The molecule has 0 aliphatic carbocycles.